The number of amides is 2. The maximum absolute atomic E-state index is 13.4. The van der Waals surface area contributed by atoms with Crippen molar-refractivity contribution in [3.63, 3.8) is 0 Å². The summed E-state index contributed by atoms with van der Waals surface area (Å²) in [6.45, 7) is 3.60. The Kier molecular flexibility index (Phi) is 3.82. The summed E-state index contributed by atoms with van der Waals surface area (Å²) in [5.74, 6) is 1.48. The lowest BCUT2D eigenvalue weighted by atomic mass is 9.96. The quantitative estimate of drug-likeness (QED) is 0.889. The molecular formula is C22H22N2O4. The number of primary amides is 1. The third-order valence-corrected chi connectivity index (χ3v) is 5.96. The number of rotatable bonds is 3. The first-order valence-corrected chi connectivity index (χ1v) is 9.64. The first-order chi connectivity index (χ1) is 13.5. The molecule has 2 fully saturated rings. The van der Waals surface area contributed by atoms with Crippen LogP contribution in [0.1, 0.15) is 22.3 Å². The van der Waals surface area contributed by atoms with Crippen molar-refractivity contribution in [2.75, 3.05) is 19.8 Å². The minimum atomic E-state index is -0.494. The molecule has 0 radical (unpaired) electrons. The minimum Gasteiger partial charge on any atom is -0.486 e. The van der Waals surface area contributed by atoms with Gasteiger partial charge in [0.15, 0.2) is 11.5 Å². The van der Waals surface area contributed by atoms with Gasteiger partial charge in [-0.05, 0) is 54.5 Å². The zero-order valence-corrected chi connectivity index (χ0v) is 15.7. The maximum atomic E-state index is 13.4. The van der Waals surface area contributed by atoms with Crippen LogP contribution in [0.2, 0.25) is 0 Å². The van der Waals surface area contributed by atoms with Gasteiger partial charge in [-0.1, -0.05) is 23.8 Å². The number of carbonyl (C=O) groups is 2. The SMILES string of the molecule is Cc1ccc(-c2ccc3c(c2)OCCO3)c(C(=O)N2C[C@H]3C[C@H]3[C@H]2C(N)=O)c1. The number of fused-ring (bicyclic) bond motifs is 2. The number of piperidine rings is 1. The molecule has 5 rings (SSSR count). The number of aryl methyl sites for hydroxylation is 1. The number of hydrogen-bond acceptors (Lipinski definition) is 4. The summed E-state index contributed by atoms with van der Waals surface area (Å²) in [6, 6.07) is 11.0. The molecule has 1 saturated carbocycles. The Balaban J connectivity index is 1.54. The molecule has 0 aromatic heterocycles. The van der Waals surface area contributed by atoms with Crippen molar-refractivity contribution in [3.8, 4) is 22.6 Å². The molecule has 3 atom stereocenters. The van der Waals surface area contributed by atoms with Gasteiger partial charge in [-0.15, -0.1) is 0 Å². The molecule has 6 nitrogen and oxygen atoms in total. The largest absolute Gasteiger partial charge is 0.486 e. The summed E-state index contributed by atoms with van der Waals surface area (Å²) >= 11 is 0. The van der Waals surface area contributed by atoms with Gasteiger partial charge in [-0.2, -0.15) is 0 Å². The zero-order valence-electron chi connectivity index (χ0n) is 15.7. The van der Waals surface area contributed by atoms with Crippen LogP contribution in [-0.2, 0) is 4.79 Å². The second-order valence-electron chi connectivity index (χ2n) is 7.87. The standard InChI is InChI=1S/C22H22N2O4/c1-12-2-4-15(13-3-5-18-19(10-13)28-7-6-27-18)17(8-12)22(26)24-11-14-9-16(14)20(24)21(23)25/h2-5,8,10,14,16,20H,6-7,9,11H2,1H3,(H2,23,25)/t14-,16-,20+/m1/s1. The summed E-state index contributed by atoms with van der Waals surface area (Å²) in [4.78, 5) is 27.1. The van der Waals surface area contributed by atoms with Crippen LogP contribution in [0.15, 0.2) is 36.4 Å². The molecule has 3 aliphatic rings. The summed E-state index contributed by atoms with van der Waals surface area (Å²) < 4.78 is 11.3. The molecule has 2 heterocycles. The molecule has 0 spiro atoms. The molecule has 28 heavy (non-hydrogen) atoms. The third-order valence-electron chi connectivity index (χ3n) is 5.96. The topological polar surface area (TPSA) is 81.9 Å². The van der Waals surface area contributed by atoms with Gasteiger partial charge >= 0.3 is 0 Å². The van der Waals surface area contributed by atoms with Gasteiger partial charge < -0.3 is 20.1 Å². The first kappa shape index (κ1) is 17.1. The Morgan fingerprint density at radius 3 is 2.64 bits per heavy atom. The van der Waals surface area contributed by atoms with Crippen LogP contribution < -0.4 is 15.2 Å². The lowest BCUT2D eigenvalue weighted by Gasteiger charge is -2.26. The third kappa shape index (κ3) is 2.71. The molecule has 0 bridgehead atoms. The fraction of sp³-hybridized carbons (Fsp3) is 0.364. The van der Waals surface area contributed by atoms with Crippen LogP contribution >= 0.6 is 0 Å². The Labute approximate surface area is 163 Å². The highest BCUT2D eigenvalue weighted by Crippen LogP contribution is 2.50. The summed E-state index contributed by atoms with van der Waals surface area (Å²) in [5.41, 5.74) is 8.89. The monoisotopic (exact) mass is 378 g/mol. The van der Waals surface area contributed by atoms with Crippen LogP contribution in [0.3, 0.4) is 0 Å². The average molecular weight is 378 g/mol. The number of nitrogens with two attached hydrogens (primary N) is 1. The Morgan fingerprint density at radius 1 is 1.07 bits per heavy atom. The van der Waals surface area contributed by atoms with E-state index in [9.17, 15) is 9.59 Å². The van der Waals surface area contributed by atoms with Crippen molar-refractivity contribution in [1.29, 1.82) is 0 Å². The number of carbonyl (C=O) groups excluding carboxylic acids is 2. The molecule has 1 aliphatic carbocycles. The molecular weight excluding hydrogens is 356 g/mol. The highest BCUT2D eigenvalue weighted by atomic mass is 16.6. The Hall–Kier alpha value is -3.02. The molecule has 2 N–H and O–H groups in total. The van der Waals surface area contributed by atoms with Crippen molar-refractivity contribution in [2.45, 2.75) is 19.4 Å². The summed E-state index contributed by atoms with van der Waals surface area (Å²) in [6.07, 6.45) is 0.986. The first-order valence-electron chi connectivity index (χ1n) is 9.64. The van der Waals surface area contributed by atoms with Crippen molar-refractivity contribution in [1.82, 2.24) is 4.90 Å². The van der Waals surface area contributed by atoms with E-state index in [0.717, 1.165) is 23.1 Å². The van der Waals surface area contributed by atoms with Crippen LogP contribution in [-0.4, -0.2) is 42.5 Å². The van der Waals surface area contributed by atoms with Gasteiger partial charge in [0.2, 0.25) is 5.91 Å². The molecule has 0 unspecified atom stereocenters. The van der Waals surface area contributed by atoms with Crippen molar-refractivity contribution < 1.29 is 19.1 Å². The molecule has 2 aromatic rings. The zero-order chi connectivity index (χ0) is 19.4. The average Bonchev–Trinajstić information content (AvgIpc) is 3.35. The maximum Gasteiger partial charge on any atom is 0.255 e. The van der Waals surface area contributed by atoms with E-state index < -0.39 is 11.9 Å². The highest BCUT2D eigenvalue weighted by Gasteiger charge is 2.56. The van der Waals surface area contributed by atoms with E-state index in [1.807, 2.05) is 43.3 Å². The molecule has 144 valence electrons. The Morgan fingerprint density at radius 2 is 1.86 bits per heavy atom. The van der Waals surface area contributed by atoms with Gasteiger partial charge in [0.05, 0.1) is 0 Å². The van der Waals surface area contributed by atoms with Crippen LogP contribution in [0.5, 0.6) is 11.5 Å². The Bertz CT molecular complexity index is 986. The van der Waals surface area contributed by atoms with Crippen molar-refractivity contribution in [3.05, 3.63) is 47.5 Å². The lowest BCUT2D eigenvalue weighted by molar-refractivity contribution is -0.122. The summed E-state index contributed by atoms with van der Waals surface area (Å²) in [7, 11) is 0. The molecule has 6 heteroatoms. The molecule has 1 saturated heterocycles. The second kappa shape index (κ2) is 6.26. The normalized spacial score (nSPS) is 24.6. The number of nitrogens with zero attached hydrogens (tertiary/aromatic N) is 1. The fourth-order valence-corrected chi connectivity index (χ4v) is 4.49. The van der Waals surface area contributed by atoms with Crippen molar-refractivity contribution in [2.24, 2.45) is 17.6 Å². The molecule has 2 amide bonds. The van der Waals surface area contributed by atoms with E-state index in [1.54, 1.807) is 4.90 Å². The number of ether oxygens (including phenoxy) is 2. The van der Waals surface area contributed by atoms with Crippen LogP contribution in [0.25, 0.3) is 11.1 Å². The molecule has 2 aliphatic heterocycles. The van der Waals surface area contributed by atoms with Crippen LogP contribution in [0.4, 0.5) is 0 Å². The van der Waals surface area contributed by atoms with E-state index in [0.29, 0.717) is 42.7 Å². The fourth-order valence-electron chi connectivity index (χ4n) is 4.49. The van der Waals surface area contributed by atoms with Crippen molar-refractivity contribution >= 4 is 11.8 Å². The van der Waals surface area contributed by atoms with Gasteiger partial charge in [0.1, 0.15) is 19.3 Å². The predicted octanol–water partition coefficient (Wildman–Crippen LogP) is 2.38. The number of likely N-dealkylation sites (tertiary alicyclic amines) is 1. The predicted molar refractivity (Wildman–Crippen MR) is 103 cm³/mol. The highest BCUT2D eigenvalue weighted by molar-refractivity contribution is 6.03. The van der Waals surface area contributed by atoms with Gasteiger partial charge in [-0.25, -0.2) is 0 Å². The van der Waals surface area contributed by atoms with E-state index in [1.165, 1.54) is 0 Å². The van der Waals surface area contributed by atoms with Gasteiger partial charge in [0, 0.05) is 12.1 Å². The van der Waals surface area contributed by atoms with E-state index in [2.05, 4.69) is 0 Å². The second-order valence-corrected chi connectivity index (χ2v) is 7.87. The van der Waals surface area contributed by atoms with E-state index in [-0.39, 0.29) is 11.8 Å². The minimum absolute atomic E-state index is 0.135. The van der Waals surface area contributed by atoms with E-state index >= 15 is 0 Å². The van der Waals surface area contributed by atoms with Gasteiger partial charge in [-0.3, -0.25) is 9.59 Å². The number of hydrogen-bond donors (Lipinski definition) is 1. The number of benzene rings is 2. The van der Waals surface area contributed by atoms with Gasteiger partial charge in [0.25, 0.3) is 5.91 Å². The molecule has 2 aromatic carbocycles. The van der Waals surface area contributed by atoms with E-state index in [4.69, 9.17) is 15.2 Å². The van der Waals surface area contributed by atoms with Crippen LogP contribution in [0, 0.1) is 18.8 Å². The smallest absolute Gasteiger partial charge is 0.255 e. The lowest BCUT2D eigenvalue weighted by Crippen LogP contribution is -2.46. The summed E-state index contributed by atoms with van der Waals surface area (Å²) in [5, 5.41) is 0.